The van der Waals surface area contributed by atoms with Gasteiger partial charge in [-0.3, -0.25) is 14.4 Å². The number of anilines is 1. The van der Waals surface area contributed by atoms with Crippen molar-refractivity contribution in [3.63, 3.8) is 0 Å². The number of hydrogen-bond donors (Lipinski definition) is 2. The van der Waals surface area contributed by atoms with Crippen molar-refractivity contribution >= 4 is 23.3 Å². The van der Waals surface area contributed by atoms with Gasteiger partial charge in [0.15, 0.2) is 5.78 Å². The summed E-state index contributed by atoms with van der Waals surface area (Å²) in [4.78, 5) is 36.1. The van der Waals surface area contributed by atoms with E-state index >= 15 is 0 Å². The van der Waals surface area contributed by atoms with Gasteiger partial charge in [0.1, 0.15) is 0 Å². The van der Waals surface area contributed by atoms with Crippen LogP contribution in [0.15, 0.2) is 42.5 Å². The molecule has 2 aromatic rings. The molecule has 3 rings (SSSR count). The first-order valence-corrected chi connectivity index (χ1v) is 10.4. The lowest BCUT2D eigenvalue weighted by molar-refractivity contribution is -0.121. The largest absolute Gasteiger partial charge is 0.352 e. The smallest absolute Gasteiger partial charge is 0.224 e. The van der Waals surface area contributed by atoms with E-state index in [2.05, 4.69) is 10.6 Å². The maximum atomic E-state index is 12.4. The molecule has 29 heavy (non-hydrogen) atoms. The van der Waals surface area contributed by atoms with Crippen molar-refractivity contribution in [2.75, 3.05) is 5.32 Å². The minimum Gasteiger partial charge on any atom is -0.352 e. The number of amides is 2. The summed E-state index contributed by atoms with van der Waals surface area (Å²) in [6, 6.07) is 13.3. The van der Waals surface area contributed by atoms with Crippen LogP contribution in [-0.4, -0.2) is 17.6 Å². The molecule has 0 spiro atoms. The van der Waals surface area contributed by atoms with Gasteiger partial charge in [-0.2, -0.15) is 0 Å². The number of carbonyl (C=O) groups excluding carboxylic acids is 3. The molecule has 0 unspecified atom stereocenters. The number of hydrogen-bond acceptors (Lipinski definition) is 3. The number of rotatable bonds is 9. The predicted octanol–water partition coefficient (Wildman–Crippen LogP) is 4.19. The lowest BCUT2D eigenvalue weighted by Crippen LogP contribution is -2.23. The van der Waals surface area contributed by atoms with Gasteiger partial charge in [-0.15, -0.1) is 0 Å². The first-order valence-electron chi connectivity index (χ1n) is 10.4. The van der Waals surface area contributed by atoms with Crippen LogP contribution >= 0.6 is 0 Å². The van der Waals surface area contributed by atoms with Gasteiger partial charge in [0.05, 0.1) is 0 Å². The molecule has 0 atom stereocenters. The number of carbonyl (C=O) groups is 3. The molecule has 0 aromatic heterocycles. The van der Waals surface area contributed by atoms with E-state index in [4.69, 9.17) is 0 Å². The molecule has 1 aliphatic rings. The van der Waals surface area contributed by atoms with Crippen molar-refractivity contribution < 1.29 is 14.4 Å². The summed E-state index contributed by atoms with van der Waals surface area (Å²) in [6.45, 7) is 2.36. The summed E-state index contributed by atoms with van der Waals surface area (Å²) in [6.07, 6.45) is 5.00. The molecule has 2 aromatic carbocycles. The molecule has 1 aliphatic carbocycles. The molecular weight excluding hydrogens is 364 g/mol. The van der Waals surface area contributed by atoms with Gasteiger partial charge >= 0.3 is 0 Å². The van der Waals surface area contributed by atoms with E-state index in [1.165, 1.54) is 11.1 Å². The molecule has 2 amide bonds. The third-order valence-corrected chi connectivity index (χ3v) is 5.20. The van der Waals surface area contributed by atoms with E-state index in [9.17, 15) is 14.4 Å². The van der Waals surface area contributed by atoms with Crippen LogP contribution in [0, 0.1) is 0 Å². The fourth-order valence-electron chi connectivity index (χ4n) is 3.56. The quantitative estimate of drug-likeness (QED) is 0.628. The van der Waals surface area contributed by atoms with Crippen molar-refractivity contribution in [2.45, 2.75) is 58.4 Å². The molecule has 5 heteroatoms. The number of benzene rings is 2. The van der Waals surface area contributed by atoms with E-state index in [1.54, 1.807) is 0 Å². The highest BCUT2D eigenvalue weighted by Gasteiger charge is 2.15. The highest BCUT2D eigenvalue weighted by molar-refractivity contribution is 5.98. The second-order valence-electron chi connectivity index (χ2n) is 7.53. The number of ketones is 1. The van der Waals surface area contributed by atoms with Gasteiger partial charge in [0, 0.05) is 37.1 Å². The van der Waals surface area contributed by atoms with Crippen LogP contribution in [0.5, 0.6) is 0 Å². The zero-order valence-corrected chi connectivity index (χ0v) is 16.9. The Kier molecular flexibility index (Phi) is 7.17. The number of fused-ring (bicyclic) bond motifs is 1. The SMILES string of the molecule is CCCC(=O)Nc1ccc(CNC(=O)CCC(=O)c2ccc3c(c2)CCC3)cc1. The van der Waals surface area contributed by atoms with Crippen LogP contribution < -0.4 is 10.6 Å². The summed E-state index contributed by atoms with van der Waals surface area (Å²) >= 11 is 0. The van der Waals surface area contributed by atoms with E-state index in [0.29, 0.717) is 18.5 Å². The number of Topliss-reactive ketones (excluding diaryl/α,β-unsaturated/α-hetero) is 1. The van der Waals surface area contributed by atoms with Crippen LogP contribution in [0.1, 0.15) is 66.1 Å². The Morgan fingerprint density at radius 3 is 2.38 bits per heavy atom. The molecule has 0 radical (unpaired) electrons. The maximum Gasteiger partial charge on any atom is 0.224 e. The van der Waals surface area contributed by atoms with Gasteiger partial charge in [0.2, 0.25) is 11.8 Å². The third-order valence-electron chi connectivity index (χ3n) is 5.20. The van der Waals surface area contributed by atoms with Crippen molar-refractivity contribution in [1.82, 2.24) is 5.32 Å². The maximum absolute atomic E-state index is 12.4. The van der Waals surface area contributed by atoms with E-state index in [1.807, 2.05) is 49.4 Å². The Morgan fingerprint density at radius 1 is 0.862 bits per heavy atom. The Morgan fingerprint density at radius 2 is 1.62 bits per heavy atom. The molecule has 0 saturated carbocycles. The molecule has 0 saturated heterocycles. The van der Waals surface area contributed by atoms with Crippen molar-refractivity contribution in [2.24, 2.45) is 0 Å². The fraction of sp³-hybridized carbons (Fsp3) is 0.375. The topological polar surface area (TPSA) is 75.3 Å². The molecule has 5 nitrogen and oxygen atoms in total. The van der Waals surface area contributed by atoms with Crippen molar-refractivity contribution in [3.8, 4) is 0 Å². The lowest BCUT2D eigenvalue weighted by atomic mass is 10.0. The summed E-state index contributed by atoms with van der Waals surface area (Å²) in [7, 11) is 0. The predicted molar refractivity (Wildman–Crippen MR) is 114 cm³/mol. The zero-order chi connectivity index (χ0) is 20.6. The highest BCUT2D eigenvalue weighted by atomic mass is 16.2. The minimum atomic E-state index is -0.139. The Hall–Kier alpha value is -2.95. The normalized spacial score (nSPS) is 12.3. The summed E-state index contributed by atoms with van der Waals surface area (Å²) in [5.74, 6) is -0.122. The van der Waals surface area contributed by atoms with Crippen LogP contribution in [0.4, 0.5) is 5.69 Å². The van der Waals surface area contributed by atoms with Crippen LogP contribution in [0.25, 0.3) is 0 Å². The highest BCUT2D eigenvalue weighted by Crippen LogP contribution is 2.23. The summed E-state index contributed by atoms with van der Waals surface area (Å²) in [5, 5.41) is 5.68. The lowest BCUT2D eigenvalue weighted by Gasteiger charge is -2.08. The van der Waals surface area contributed by atoms with Crippen LogP contribution in [-0.2, 0) is 29.0 Å². The van der Waals surface area contributed by atoms with Gasteiger partial charge < -0.3 is 10.6 Å². The third kappa shape index (κ3) is 6.01. The zero-order valence-electron chi connectivity index (χ0n) is 16.9. The monoisotopic (exact) mass is 392 g/mol. The standard InChI is InChI=1S/C24H28N2O3/c1-2-4-24(29)26-21-11-7-17(8-12-21)16-25-23(28)14-13-22(27)20-10-9-18-5-3-6-19(18)15-20/h7-12,15H,2-6,13-14,16H2,1H3,(H,25,28)(H,26,29). The van der Waals surface area contributed by atoms with Gasteiger partial charge in [-0.25, -0.2) is 0 Å². The second-order valence-corrected chi connectivity index (χ2v) is 7.53. The van der Waals surface area contributed by atoms with Crippen LogP contribution in [0.2, 0.25) is 0 Å². The fourth-order valence-corrected chi connectivity index (χ4v) is 3.56. The second kappa shape index (κ2) is 10.0. The average molecular weight is 392 g/mol. The molecule has 0 fully saturated rings. The van der Waals surface area contributed by atoms with Crippen LogP contribution in [0.3, 0.4) is 0 Å². The Bertz CT molecular complexity index is 887. The van der Waals surface area contributed by atoms with E-state index < -0.39 is 0 Å². The van der Waals surface area contributed by atoms with Gasteiger partial charge in [0.25, 0.3) is 0 Å². The molecule has 0 bridgehead atoms. The van der Waals surface area contributed by atoms with Gasteiger partial charge in [-0.05, 0) is 60.6 Å². The van der Waals surface area contributed by atoms with E-state index in [-0.39, 0.29) is 30.4 Å². The molecule has 152 valence electrons. The van der Waals surface area contributed by atoms with E-state index in [0.717, 1.165) is 36.9 Å². The summed E-state index contributed by atoms with van der Waals surface area (Å²) < 4.78 is 0. The molecule has 0 heterocycles. The molecule has 0 aliphatic heterocycles. The number of aryl methyl sites for hydroxylation is 2. The van der Waals surface area contributed by atoms with Gasteiger partial charge in [-0.1, -0.05) is 31.2 Å². The van der Waals surface area contributed by atoms with Crippen molar-refractivity contribution in [1.29, 1.82) is 0 Å². The Labute approximate surface area is 171 Å². The Balaban J connectivity index is 1.41. The average Bonchev–Trinajstić information content (AvgIpc) is 3.19. The van der Waals surface area contributed by atoms with Crippen molar-refractivity contribution in [3.05, 3.63) is 64.7 Å². The minimum absolute atomic E-state index is 0.00147. The number of nitrogens with one attached hydrogen (secondary N) is 2. The first kappa shape index (κ1) is 20.8. The summed E-state index contributed by atoms with van der Waals surface area (Å²) in [5.41, 5.74) is 5.01. The first-order chi connectivity index (χ1) is 14.0. The molecule has 2 N–H and O–H groups in total. The molecular formula is C24H28N2O3.